The molecule has 0 saturated carbocycles. The molecule has 34 heavy (non-hydrogen) atoms. The summed E-state index contributed by atoms with van der Waals surface area (Å²) >= 11 is 0. The van der Waals surface area contributed by atoms with Gasteiger partial charge in [0.15, 0.2) is 0 Å². The number of aromatic amines is 1. The zero-order valence-electron chi connectivity index (χ0n) is 19.4. The molecule has 7 nitrogen and oxygen atoms in total. The second kappa shape index (κ2) is 9.12. The van der Waals surface area contributed by atoms with E-state index in [4.69, 9.17) is 4.98 Å². The third kappa shape index (κ3) is 4.26. The number of sulfonamides is 1. The van der Waals surface area contributed by atoms with E-state index in [1.807, 2.05) is 44.7 Å². The highest BCUT2D eigenvalue weighted by Crippen LogP contribution is 2.41. The second-order valence-electron chi connectivity index (χ2n) is 8.90. The number of aromatic nitrogens is 2. The maximum Gasteiger partial charge on any atom is 0.261 e. The van der Waals surface area contributed by atoms with Crippen LogP contribution in [0.4, 0.5) is 11.4 Å². The molecule has 1 aliphatic heterocycles. The maximum atomic E-state index is 13.4. The number of H-pyrrole nitrogens is 1. The van der Waals surface area contributed by atoms with Crippen molar-refractivity contribution in [3.05, 3.63) is 72.6 Å². The van der Waals surface area contributed by atoms with Gasteiger partial charge >= 0.3 is 0 Å². The van der Waals surface area contributed by atoms with Crippen LogP contribution in [0.1, 0.15) is 24.3 Å². The van der Waals surface area contributed by atoms with Crippen LogP contribution in [0.3, 0.4) is 0 Å². The molecule has 1 aliphatic rings. The van der Waals surface area contributed by atoms with Gasteiger partial charge in [0, 0.05) is 37.7 Å². The first kappa shape index (κ1) is 22.4. The van der Waals surface area contributed by atoms with Crippen molar-refractivity contribution in [2.24, 2.45) is 0 Å². The highest BCUT2D eigenvalue weighted by Gasteiger charge is 2.26. The zero-order valence-corrected chi connectivity index (χ0v) is 20.2. The van der Waals surface area contributed by atoms with E-state index in [2.05, 4.69) is 32.1 Å². The number of fused-ring (bicyclic) bond motifs is 1. The Hall–Kier alpha value is -3.36. The van der Waals surface area contributed by atoms with E-state index >= 15 is 0 Å². The monoisotopic (exact) mass is 475 g/mol. The van der Waals surface area contributed by atoms with E-state index < -0.39 is 10.0 Å². The van der Waals surface area contributed by atoms with Crippen LogP contribution >= 0.6 is 0 Å². The Bertz CT molecular complexity index is 1410. The van der Waals surface area contributed by atoms with Crippen LogP contribution in [-0.2, 0) is 10.0 Å². The SMILES string of the molecule is CN(C)c1cccc(-c2c[nH]c3ncc(C4CCNCC4)c(NS(=O)(=O)c4ccccc4)c23)c1. The van der Waals surface area contributed by atoms with Gasteiger partial charge in [0.25, 0.3) is 10.0 Å². The fourth-order valence-electron chi connectivity index (χ4n) is 4.63. The van der Waals surface area contributed by atoms with Crippen LogP contribution in [-0.4, -0.2) is 45.6 Å². The number of hydrogen-bond acceptors (Lipinski definition) is 5. The van der Waals surface area contributed by atoms with Gasteiger partial charge in [-0.3, -0.25) is 4.72 Å². The first-order chi connectivity index (χ1) is 16.4. The number of benzene rings is 2. The highest BCUT2D eigenvalue weighted by atomic mass is 32.2. The lowest BCUT2D eigenvalue weighted by atomic mass is 9.89. The molecule has 0 spiro atoms. The van der Waals surface area contributed by atoms with Gasteiger partial charge in [-0.2, -0.15) is 0 Å². The summed E-state index contributed by atoms with van der Waals surface area (Å²) in [4.78, 5) is 10.3. The number of nitrogens with zero attached hydrogens (tertiary/aromatic N) is 2. The summed E-state index contributed by atoms with van der Waals surface area (Å²) in [7, 11) is 0.229. The van der Waals surface area contributed by atoms with Crippen molar-refractivity contribution in [2.45, 2.75) is 23.7 Å². The predicted molar refractivity (Wildman–Crippen MR) is 138 cm³/mol. The Kier molecular flexibility index (Phi) is 6.02. The van der Waals surface area contributed by atoms with Crippen LogP contribution in [0.5, 0.6) is 0 Å². The van der Waals surface area contributed by atoms with Gasteiger partial charge in [-0.05, 0) is 67.2 Å². The molecule has 0 amide bonds. The molecule has 0 unspecified atom stereocenters. The van der Waals surface area contributed by atoms with Crippen LogP contribution < -0.4 is 14.9 Å². The number of pyridine rings is 1. The normalized spacial score (nSPS) is 14.9. The van der Waals surface area contributed by atoms with E-state index in [0.29, 0.717) is 11.3 Å². The average Bonchev–Trinajstić information content (AvgIpc) is 3.30. The molecule has 5 rings (SSSR count). The molecule has 0 radical (unpaired) electrons. The van der Waals surface area contributed by atoms with Gasteiger partial charge < -0.3 is 15.2 Å². The fraction of sp³-hybridized carbons (Fsp3) is 0.269. The number of hydrogen-bond donors (Lipinski definition) is 3. The smallest absolute Gasteiger partial charge is 0.261 e. The highest BCUT2D eigenvalue weighted by molar-refractivity contribution is 7.92. The van der Waals surface area contributed by atoms with E-state index in [0.717, 1.165) is 53.7 Å². The molecule has 8 heteroatoms. The maximum absolute atomic E-state index is 13.4. The summed E-state index contributed by atoms with van der Waals surface area (Å²) < 4.78 is 29.8. The minimum atomic E-state index is -3.78. The van der Waals surface area contributed by atoms with Crippen molar-refractivity contribution in [1.82, 2.24) is 15.3 Å². The number of piperidine rings is 1. The standard InChI is InChI=1S/C26H29N5O2S/c1-31(2)20-8-6-7-19(15-20)22-16-28-26-24(22)25(23(17-29-26)18-11-13-27-14-12-18)30-34(32,33)21-9-4-3-5-10-21/h3-10,15-18,27H,11-14H2,1-2H3,(H2,28,29,30). The van der Waals surface area contributed by atoms with Crippen molar-refractivity contribution >= 4 is 32.4 Å². The summed E-state index contributed by atoms with van der Waals surface area (Å²) in [5, 5.41) is 4.19. The molecule has 1 saturated heterocycles. The number of nitrogens with one attached hydrogen (secondary N) is 3. The van der Waals surface area contributed by atoms with Crippen LogP contribution in [0.2, 0.25) is 0 Å². The lowest BCUT2D eigenvalue weighted by Crippen LogP contribution is -2.27. The molecule has 0 atom stereocenters. The Morgan fingerprint density at radius 2 is 1.79 bits per heavy atom. The summed E-state index contributed by atoms with van der Waals surface area (Å²) in [5.41, 5.74) is 5.22. The van der Waals surface area contributed by atoms with E-state index in [1.54, 1.807) is 24.3 Å². The van der Waals surface area contributed by atoms with Gasteiger partial charge in [-0.15, -0.1) is 0 Å². The lowest BCUT2D eigenvalue weighted by Gasteiger charge is -2.25. The van der Waals surface area contributed by atoms with E-state index in [1.165, 1.54) is 0 Å². The second-order valence-corrected chi connectivity index (χ2v) is 10.6. The third-order valence-corrected chi connectivity index (χ3v) is 7.84. The first-order valence-electron chi connectivity index (χ1n) is 11.5. The number of rotatable bonds is 6. The molecule has 176 valence electrons. The van der Waals surface area contributed by atoms with Crippen molar-refractivity contribution < 1.29 is 8.42 Å². The van der Waals surface area contributed by atoms with E-state index in [9.17, 15) is 8.42 Å². The van der Waals surface area contributed by atoms with Crippen molar-refractivity contribution in [3.63, 3.8) is 0 Å². The minimum absolute atomic E-state index is 0.225. The Morgan fingerprint density at radius 3 is 2.53 bits per heavy atom. The molecular formula is C26H29N5O2S. The summed E-state index contributed by atoms with van der Waals surface area (Å²) in [6.45, 7) is 1.80. The van der Waals surface area contributed by atoms with Gasteiger partial charge in [-0.1, -0.05) is 30.3 Å². The zero-order chi connectivity index (χ0) is 23.7. The minimum Gasteiger partial charge on any atom is -0.378 e. The van der Waals surface area contributed by atoms with Gasteiger partial charge in [-0.25, -0.2) is 13.4 Å². The van der Waals surface area contributed by atoms with Gasteiger partial charge in [0.05, 0.1) is 16.0 Å². The molecule has 3 N–H and O–H groups in total. The molecule has 2 aromatic heterocycles. The van der Waals surface area contributed by atoms with Crippen molar-refractivity contribution in [1.29, 1.82) is 0 Å². The Balaban J connectivity index is 1.71. The fourth-order valence-corrected chi connectivity index (χ4v) is 5.76. The van der Waals surface area contributed by atoms with Gasteiger partial charge in [0.2, 0.25) is 0 Å². The molecule has 0 bridgehead atoms. The van der Waals surface area contributed by atoms with Crippen LogP contribution in [0.15, 0.2) is 71.9 Å². The average molecular weight is 476 g/mol. The topological polar surface area (TPSA) is 90.1 Å². The van der Waals surface area contributed by atoms with Crippen LogP contribution in [0, 0.1) is 0 Å². The summed E-state index contributed by atoms with van der Waals surface area (Å²) in [6, 6.07) is 16.7. The quantitative estimate of drug-likeness (QED) is 0.380. The van der Waals surface area contributed by atoms with Crippen molar-refractivity contribution in [2.75, 3.05) is 36.8 Å². The Labute approximate surface area is 200 Å². The summed E-state index contributed by atoms with van der Waals surface area (Å²) in [5.74, 6) is 0.225. The molecule has 2 aromatic carbocycles. The largest absolute Gasteiger partial charge is 0.378 e. The third-order valence-electron chi connectivity index (χ3n) is 6.47. The van der Waals surface area contributed by atoms with E-state index in [-0.39, 0.29) is 10.8 Å². The Morgan fingerprint density at radius 1 is 1.03 bits per heavy atom. The summed E-state index contributed by atoms with van der Waals surface area (Å²) in [6.07, 6.45) is 5.61. The number of anilines is 2. The lowest BCUT2D eigenvalue weighted by molar-refractivity contribution is 0.461. The molecule has 4 aromatic rings. The molecule has 1 fully saturated rings. The van der Waals surface area contributed by atoms with Crippen molar-refractivity contribution in [3.8, 4) is 11.1 Å². The first-order valence-corrected chi connectivity index (χ1v) is 13.0. The molecule has 0 aliphatic carbocycles. The van der Waals surface area contributed by atoms with Gasteiger partial charge in [0.1, 0.15) is 5.65 Å². The molecular weight excluding hydrogens is 446 g/mol. The predicted octanol–water partition coefficient (Wildman–Crippen LogP) is 4.56. The molecule has 3 heterocycles. The van der Waals surface area contributed by atoms with Crippen LogP contribution in [0.25, 0.3) is 22.2 Å².